The van der Waals surface area contributed by atoms with Gasteiger partial charge in [-0.3, -0.25) is 14.4 Å². The van der Waals surface area contributed by atoms with Gasteiger partial charge in [0.05, 0.1) is 12.2 Å². The van der Waals surface area contributed by atoms with E-state index in [0.717, 1.165) is 17.8 Å². The van der Waals surface area contributed by atoms with Crippen LogP contribution in [0.4, 0.5) is 5.82 Å². The van der Waals surface area contributed by atoms with Crippen molar-refractivity contribution in [1.82, 2.24) is 20.0 Å². The Labute approximate surface area is 178 Å². The summed E-state index contributed by atoms with van der Waals surface area (Å²) in [6, 6.07) is 9.15. The van der Waals surface area contributed by atoms with Gasteiger partial charge in [0.2, 0.25) is 6.35 Å². The molecule has 1 aromatic carbocycles. The number of aliphatic hydroxyl groups excluding tert-OH is 1. The second kappa shape index (κ2) is 8.40. The molecule has 2 N–H and O–H groups in total. The summed E-state index contributed by atoms with van der Waals surface area (Å²) in [6.45, 7) is 8.44. The van der Waals surface area contributed by atoms with E-state index < -0.39 is 6.35 Å². The molecule has 162 valence electrons. The average molecular weight is 412 g/mol. The molecule has 2 aromatic rings. The summed E-state index contributed by atoms with van der Waals surface area (Å²) < 4.78 is 1.88. The SMILES string of the molecule is Cc1c2c(nn1Cc1ccc(C3CCCCN3)cc1)N(CC(C)C)C(O)N(C)C2=O. The van der Waals surface area contributed by atoms with Gasteiger partial charge in [-0.15, -0.1) is 0 Å². The van der Waals surface area contributed by atoms with Crippen LogP contribution in [-0.2, 0) is 6.54 Å². The number of fused-ring (bicyclic) bond motifs is 1. The van der Waals surface area contributed by atoms with Gasteiger partial charge in [-0.05, 0) is 43.4 Å². The number of nitrogens with zero attached hydrogens (tertiary/aromatic N) is 4. The van der Waals surface area contributed by atoms with Crippen molar-refractivity contribution in [3.8, 4) is 0 Å². The molecule has 2 unspecified atom stereocenters. The summed E-state index contributed by atoms with van der Waals surface area (Å²) >= 11 is 0. The van der Waals surface area contributed by atoms with E-state index in [1.807, 2.05) is 16.5 Å². The van der Waals surface area contributed by atoms with Crippen LogP contribution in [0.2, 0.25) is 0 Å². The molecule has 2 atom stereocenters. The zero-order valence-electron chi connectivity index (χ0n) is 18.4. The van der Waals surface area contributed by atoms with E-state index in [0.29, 0.717) is 36.4 Å². The average Bonchev–Trinajstić information content (AvgIpc) is 3.06. The topological polar surface area (TPSA) is 73.6 Å². The fourth-order valence-electron chi connectivity index (χ4n) is 4.47. The van der Waals surface area contributed by atoms with Crippen LogP contribution in [0.15, 0.2) is 24.3 Å². The number of anilines is 1. The van der Waals surface area contributed by atoms with Crippen molar-refractivity contribution in [2.45, 2.75) is 59.0 Å². The molecule has 3 heterocycles. The Kier molecular flexibility index (Phi) is 5.84. The first-order valence-corrected chi connectivity index (χ1v) is 11.0. The largest absolute Gasteiger partial charge is 0.356 e. The molecule has 0 radical (unpaired) electrons. The second-order valence-corrected chi connectivity index (χ2v) is 8.99. The summed E-state index contributed by atoms with van der Waals surface area (Å²) in [6.07, 6.45) is 2.73. The zero-order chi connectivity index (χ0) is 21.4. The number of amides is 1. The highest BCUT2D eigenvalue weighted by molar-refractivity contribution is 6.01. The lowest BCUT2D eigenvalue weighted by atomic mass is 9.97. The van der Waals surface area contributed by atoms with E-state index in [9.17, 15) is 9.90 Å². The molecule has 7 nitrogen and oxygen atoms in total. The Hall–Kier alpha value is -2.38. The molecule has 7 heteroatoms. The van der Waals surface area contributed by atoms with Crippen LogP contribution < -0.4 is 10.2 Å². The maximum absolute atomic E-state index is 12.8. The molecule has 0 saturated carbocycles. The molecular weight excluding hydrogens is 378 g/mol. The smallest absolute Gasteiger partial charge is 0.262 e. The molecule has 1 aromatic heterocycles. The molecular formula is C23H33N5O2. The predicted molar refractivity (Wildman–Crippen MR) is 117 cm³/mol. The van der Waals surface area contributed by atoms with Gasteiger partial charge in [-0.25, -0.2) is 0 Å². The van der Waals surface area contributed by atoms with E-state index in [4.69, 9.17) is 5.10 Å². The number of hydrogen-bond acceptors (Lipinski definition) is 5. The van der Waals surface area contributed by atoms with Crippen molar-refractivity contribution in [3.05, 3.63) is 46.6 Å². The minimum atomic E-state index is -0.988. The van der Waals surface area contributed by atoms with Gasteiger partial charge < -0.3 is 15.3 Å². The standard InChI is InChI=1S/C23H33N5O2/c1-15(2)13-27-21-20(22(29)26(4)23(27)30)16(3)28(25-21)14-17-8-10-18(11-9-17)19-7-5-6-12-24-19/h8-11,15,19,23-24,30H,5-7,12-14H2,1-4H3. The van der Waals surface area contributed by atoms with Gasteiger partial charge in [0.25, 0.3) is 5.91 Å². The molecule has 1 saturated heterocycles. The van der Waals surface area contributed by atoms with E-state index in [2.05, 4.69) is 43.4 Å². The predicted octanol–water partition coefficient (Wildman–Crippen LogP) is 2.88. The summed E-state index contributed by atoms with van der Waals surface area (Å²) in [5.41, 5.74) is 3.90. The van der Waals surface area contributed by atoms with Gasteiger partial charge in [0, 0.05) is 19.6 Å². The van der Waals surface area contributed by atoms with E-state index in [1.54, 1.807) is 7.05 Å². The Bertz CT molecular complexity index is 899. The molecule has 4 rings (SSSR count). The molecule has 1 fully saturated rings. The monoisotopic (exact) mass is 411 g/mol. The van der Waals surface area contributed by atoms with Gasteiger partial charge in [0.1, 0.15) is 5.56 Å². The number of rotatable bonds is 5. The Morgan fingerprint density at radius 2 is 1.97 bits per heavy atom. The van der Waals surface area contributed by atoms with Crippen LogP contribution >= 0.6 is 0 Å². The first kappa shape index (κ1) is 20.9. The molecule has 0 bridgehead atoms. The highest BCUT2D eigenvalue weighted by Crippen LogP contribution is 2.32. The maximum atomic E-state index is 12.8. The van der Waals surface area contributed by atoms with Crippen LogP contribution in [0.5, 0.6) is 0 Å². The molecule has 30 heavy (non-hydrogen) atoms. The third kappa shape index (κ3) is 3.84. The minimum absolute atomic E-state index is 0.181. The summed E-state index contributed by atoms with van der Waals surface area (Å²) in [4.78, 5) is 16.1. The quantitative estimate of drug-likeness (QED) is 0.792. The van der Waals surface area contributed by atoms with Crippen molar-refractivity contribution in [2.75, 3.05) is 25.0 Å². The Morgan fingerprint density at radius 1 is 1.23 bits per heavy atom. The van der Waals surface area contributed by atoms with E-state index >= 15 is 0 Å². The molecule has 2 aliphatic heterocycles. The normalized spacial score (nSPS) is 22.0. The van der Waals surface area contributed by atoms with Crippen molar-refractivity contribution in [3.63, 3.8) is 0 Å². The molecule has 1 amide bonds. The fraction of sp³-hybridized carbons (Fsp3) is 0.565. The summed E-state index contributed by atoms with van der Waals surface area (Å²) in [7, 11) is 1.64. The van der Waals surface area contributed by atoms with Crippen molar-refractivity contribution in [2.24, 2.45) is 5.92 Å². The summed E-state index contributed by atoms with van der Waals surface area (Å²) in [5.74, 6) is 0.736. The van der Waals surface area contributed by atoms with Gasteiger partial charge in [0.15, 0.2) is 5.82 Å². The first-order valence-electron chi connectivity index (χ1n) is 11.0. The van der Waals surface area contributed by atoms with Gasteiger partial charge >= 0.3 is 0 Å². The van der Waals surface area contributed by atoms with Gasteiger partial charge in [-0.2, -0.15) is 5.10 Å². The fourth-order valence-corrected chi connectivity index (χ4v) is 4.47. The number of carbonyl (C=O) groups excluding carboxylic acids is 1. The van der Waals surface area contributed by atoms with Crippen LogP contribution in [0.1, 0.15) is 66.3 Å². The van der Waals surface area contributed by atoms with Crippen LogP contribution in [0, 0.1) is 12.8 Å². The number of benzene rings is 1. The molecule has 0 spiro atoms. The number of carbonyl (C=O) groups is 1. The third-order valence-corrected chi connectivity index (χ3v) is 6.21. The minimum Gasteiger partial charge on any atom is -0.356 e. The van der Waals surface area contributed by atoms with Crippen LogP contribution in [-0.4, -0.2) is 52.2 Å². The van der Waals surface area contributed by atoms with Crippen LogP contribution in [0.25, 0.3) is 0 Å². The number of aromatic nitrogens is 2. The lowest BCUT2D eigenvalue weighted by Crippen LogP contribution is -2.54. The lowest BCUT2D eigenvalue weighted by Gasteiger charge is -2.39. The maximum Gasteiger partial charge on any atom is 0.262 e. The summed E-state index contributed by atoms with van der Waals surface area (Å²) in [5, 5.41) is 19.0. The Balaban J connectivity index is 1.59. The first-order chi connectivity index (χ1) is 14.4. The van der Waals surface area contributed by atoms with Crippen molar-refractivity contribution < 1.29 is 9.90 Å². The van der Waals surface area contributed by atoms with Gasteiger partial charge in [-0.1, -0.05) is 44.5 Å². The van der Waals surface area contributed by atoms with Crippen molar-refractivity contribution >= 4 is 11.7 Å². The highest BCUT2D eigenvalue weighted by Gasteiger charge is 2.39. The number of aliphatic hydroxyl groups is 1. The molecule has 2 aliphatic rings. The number of hydrogen-bond donors (Lipinski definition) is 2. The Morgan fingerprint density at radius 3 is 2.60 bits per heavy atom. The highest BCUT2D eigenvalue weighted by atomic mass is 16.3. The van der Waals surface area contributed by atoms with Crippen molar-refractivity contribution in [1.29, 1.82) is 0 Å². The lowest BCUT2D eigenvalue weighted by molar-refractivity contribution is 0.0123. The third-order valence-electron chi connectivity index (χ3n) is 6.21. The van der Waals surface area contributed by atoms with E-state index in [-0.39, 0.29) is 5.91 Å². The number of piperidine rings is 1. The zero-order valence-corrected chi connectivity index (χ0v) is 18.4. The second-order valence-electron chi connectivity index (χ2n) is 8.99. The van der Waals surface area contributed by atoms with Crippen LogP contribution in [0.3, 0.4) is 0 Å². The number of nitrogens with one attached hydrogen (secondary N) is 1. The molecule has 0 aliphatic carbocycles. The van der Waals surface area contributed by atoms with E-state index in [1.165, 1.54) is 29.7 Å².